The lowest BCUT2D eigenvalue weighted by Gasteiger charge is -2.20. The van der Waals surface area contributed by atoms with Crippen molar-refractivity contribution < 1.29 is 14.7 Å². The molecule has 2 aliphatic rings. The third-order valence-electron chi connectivity index (χ3n) is 4.99. The standard InChI is InChI=1S/C15H26N2O3/c1-9(2)17-6-5-10(8-17)7-16-13(18)11-12(14(19)20)15(11,3)4/h9-12H,5-8H2,1-4H3,(H,16,18)(H,19,20). The van der Waals surface area contributed by atoms with Gasteiger partial charge in [0.25, 0.3) is 0 Å². The summed E-state index contributed by atoms with van der Waals surface area (Å²) in [6, 6.07) is 0.550. The quantitative estimate of drug-likeness (QED) is 0.794. The molecule has 1 heterocycles. The SMILES string of the molecule is CC(C)N1CCC(CNC(=O)C2C(C(=O)O)C2(C)C)C1. The van der Waals surface area contributed by atoms with Crippen LogP contribution in [0.3, 0.4) is 0 Å². The third kappa shape index (κ3) is 2.82. The van der Waals surface area contributed by atoms with Crippen molar-refractivity contribution in [2.45, 2.75) is 40.2 Å². The summed E-state index contributed by atoms with van der Waals surface area (Å²) >= 11 is 0. The second-order valence-electron chi connectivity index (χ2n) is 7.10. The Morgan fingerprint density at radius 3 is 2.45 bits per heavy atom. The van der Waals surface area contributed by atoms with Crippen LogP contribution in [0.2, 0.25) is 0 Å². The second-order valence-corrected chi connectivity index (χ2v) is 7.10. The van der Waals surface area contributed by atoms with Gasteiger partial charge < -0.3 is 15.3 Å². The van der Waals surface area contributed by atoms with E-state index in [1.165, 1.54) is 0 Å². The van der Waals surface area contributed by atoms with Crippen molar-refractivity contribution in [2.24, 2.45) is 23.2 Å². The van der Waals surface area contributed by atoms with Gasteiger partial charge in [-0.3, -0.25) is 9.59 Å². The molecule has 2 N–H and O–H groups in total. The van der Waals surface area contributed by atoms with Crippen LogP contribution in [-0.4, -0.2) is 47.6 Å². The molecule has 2 fully saturated rings. The molecule has 5 nitrogen and oxygen atoms in total. The molecule has 1 saturated carbocycles. The monoisotopic (exact) mass is 282 g/mol. The van der Waals surface area contributed by atoms with E-state index in [9.17, 15) is 9.59 Å². The number of hydrogen-bond donors (Lipinski definition) is 2. The molecule has 1 aliphatic heterocycles. The van der Waals surface area contributed by atoms with Gasteiger partial charge in [-0.1, -0.05) is 13.8 Å². The molecule has 1 amide bonds. The van der Waals surface area contributed by atoms with Gasteiger partial charge in [-0.15, -0.1) is 0 Å². The lowest BCUT2D eigenvalue weighted by Crippen LogP contribution is -2.34. The molecule has 0 aromatic carbocycles. The first-order valence-electron chi connectivity index (χ1n) is 7.49. The number of hydrogen-bond acceptors (Lipinski definition) is 3. The predicted molar refractivity (Wildman–Crippen MR) is 76.2 cm³/mol. The molecule has 1 aliphatic carbocycles. The molecule has 0 radical (unpaired) electrons. The first-order chi connectivity index (χ1) is 9.25. The summed E-state index contributed by atoms with van der Waals surface area (Å²) in [5, 5.41) is 12.1. The highest BCUT2D eigenvalue weighted by molar-refractivity contribution is 5.91. The van der Waals surface area contributed by atoms with Crippen LogP contribution in [0.4, 0.5) is 0 Å². The van der Waals surface area contributed by atoms with Crippen molar-refractivity contribution >= 4 is 11.9 Å². The van der Waals surface area contributed by atoms with E-state index in [2.05, 4.69) is 24.1 Å². The molecular formula is C15H26N2O3. The lowest BCUT2D eigenvalue weighted by molar-refractivity contribution is -0.140. The fourth-order valence-corrected chi connectivity index (χ4v) is 3.44. The first kappa shape index (κ1) is 15.3. The summed E-state index contributed by atoms with van der Waals surface area (Å²) < 4.78 is 0. The molecule has 3 unspecified atom stereocenters. The Balaban J connectivity index is 1.79. The van der Waals surface area contributed by atoms with Gasteiger partial charge in [0.05, 0.1) is 11.8 Å². The molecule has 114 valence electrons. The molecule has 0 spiro atoms. The number of nitrogens with one attached hydrogen (secondary N) is 1. The molecule has 0 aromatic rings. The average molecular weight is 282 g/mol. The molecule has 20 heavy (non-hydrogen) atoms. The zero-order valence-corrected chi connectivity index (χ0v) is 12.8. The minimum absolute atomic E-state index is 0.0922. The Hall–Kier alpha value is -1.10. The number of aliphatic carboxylic acids is 1. The van der Waals surface area contributed by atoms with Gasteiger partial charge in [-0.2, -0.15) is 0 Å². The topological polar surface area (TPSA) is 69.6 Å². The maximum Gasteiger partial charge on any atom is 0.307 e. The van der Waals surface area contributed by atoms with Crippen LogP contribution in [0.1, 0.15) is 34.1 Å². The summed E-state index contributed by atoms with van der Waals surface area (Å²) in [6.45, 7) is 10.9. The van der Waals surface area contributed by atoms with Crippen molar-refractivity contribution in [1.82, 2.24) is 10.2 Å². The smallest absolute Gasteiger partial charge is 0.307 e. The van der Waals surface area contributed by atoms with E-state index in [4.69, 9.17) is 5.11 Å². The predicted octanol–water partition coefficient (Wildman–Crippen LogP) is 1.19. The van der Waals surface area contributed by atoms with Gasteiger partial charge >= 0.3 is 5.97 Å². The van der Waals surface area contributed by atoms with Gasteiger partial charge in [0.2, 0.25) is 5.91 Å². The van der Waals surface area contributed by atoms with E-state index in [0.717, 1.165) is 19.5 Å². The highest BCUT2D eigenvalue weighted by Gasteiger charge is 2.65. The number of nitrogens with zero attached hydrogens (tertiary/aromatic N) is 1. The summed E-state index contributed by atoms with van der Waals surface area (Å²) in [5.41, 5.74) is -0.407. The Morgan fingerprint density at radius 1 is 1.35 bits per heavy atom. The van der Waals surface area contributed by atoms with Crippen molar-refractivity contribution in [3.05, 3.63) is 0 Å². The van der Waals surface area contributed by atoms with Crippen LogP contribution >= 0.6 is 0 Å². The van der Waals surface area contributed by atoms with Crippen molar-refractivity contribution in [3.8, 4) is 0 Å². The van der Waals surface area contributed by atoms with Crippen LogP contribution in [0.5, 0.6) is 0 Å². The third-order valence-corrected chi connectivity index (χ3v) is 4.99. The minimum Gasteiger partial charge on any atom is -0.481 e. The molecule has 5 heteroatoms. The normalized spacial score (nSPS) is 32.4. The molecular weight excluding hydrogens is 256 g/mol. The number of likely N-dealkylation sites (tertiary alicyclic amines) is 1. The number of carboxylic acid groups (broad SMARTS) is 1. The van der Waals surface area contributed by atoms with Crippen molar-refractivity contribution in [1.29, 1.82) is 0 Å². The highest BCUT2D eigenvalue weighted by Crippen LogP contribution is 2.58. The minimum atomic E-state index is -0.859. The number of rotatable bonds is 5. The van der Waals surface area contributed by atoms with Gasteiger partial charge in [0.1, 0.15) is 0 Å². The lowest BCUT2D eigenvalue weighted by atomic mass is 10.1. The molecule has 0 bridgehead atoms. The number of carboxylic acids is 1. The molecule has 0 aromatic heterocycles. The Morgan fingerprint density at radius 2 is 2.00 bits per heavy atom. The number of carbonyl (C=O) groups excluding carboxylic acids is 1. The Labute approximate surface area is 120 Å². The van der Waals surface area contributed by atoms with Crippen LogP contribution in [-0.2, 0) is 9.59 Å². The van der Waals surface area contributed by atoms with Gasteiger partial charge in [-0.25, -0.2) is 0 Å². The maximum absolute atomic E-state index is 12.1. The van der Waals surface area contributed by atoms with E-state index >= 15 is 0 Å². The van der Waals surface area contributed by atoms with Crippen LogP contribution in [0.15, 0.2) is 0 Å². The van der Waals surface area contributed by atoms with E-state index < -0.39 is 17.3 Å². The number of carbonyl (C=O) groups is 2. The fraction of sp³-hybridized carbons (Fsp3) is 0.867. The summed E-state index contributed by atoms with van der Waals surface area (Å²) in [5.74, 6) is -1.36. The van der Waals surface area contributed by atoms with Gasteiger partial charge in [-0.05, 0) is 38.1 Å². The average Bonchev–Trinajstić information content (AvgIpc) is 2.74. The summed E-state index contributed by atoms with van der Waals surface area (Å²) in [6.07, 6.45) is 1.11. The molecule has 2 rings (SSSR count). The Kier molecular flexibility index (Phi) is 4.09. The van der Waals surface area contributed by atoms with Crippen LogP contribution < -0.4 is 5.32 Å². The van der Waals surface area contributed by atoms with E-state index in [1.807, 2.05) is 13.8 Å². The van der Waals surface area contributed by atoms with Crippen molar-refractivity contribution in [2.75, 3.05) is 19.6 Å². The van der Waals surface area contributed by atoms with Crippen LogP contribution in [0, 0.1) is 23.2 Å². The van der Waals surface area contributed by atoms with E-state index in [-0.39, 0.29) is 11.8 Å². The van der Waals surface area contributed by atoms with E-state index in [1.54, 1.807) is 0 Å². The summed E-state index contributed by atoms with van der Waals surface area (Å²) in [4.78, 5) is 25.6. The molecule has 1 saturated heterocycles. The largest absolute Gasteiger partial charge is 0.481 e. The summed E-state index contributed by atoms with van der Waals surface area (Å²) in [7, 11) is 0. The zero-order valence-electron chi connectivity index (χ0n) is 12.8. The maximum atomic E-state index is 12.1. The Bertz CT molecular complexity index is 406. The van der Waals surface area contributed by atoms with E-state index in [0.29, 0.717) is 18.5 Å². The van der Waals surface area contributed by atoms with Gasteiger partial charge in [0, 0.05) is 19.1 Å². The molecule has 3 atom stereocenters. The first-order valence-corrected chi connectivity index (χ1v) is 7.49. The number of amides is 1. The van der Waals surface area contributed by atoms with Crippen molar-refractivity contribution in [3.63, 3.8) is 0 Å². The van der Waals surface area contributed by atoms with Gasteiger partial charge in [0.15, 0.2) is 0 Å². The zero-order chi connectivity index (χ0) is 15.1. The van der Waals surface area contributed by atoms with Crippen LogP contribution in [0.25, 0.3) is 0 Å². The second kappa shape index (κ2) is 5.35. The highest BCUT2D eigenvalue weighted by atomic mass is 16.4. The fourth-order valence-electron chi connectivity index (χ4n) is 3.44.